The maximum atomic E-state index is 13.4. The van der Waals surface area contributed by atoms with E-state index in [2.05, 4.69) is 15.0 Å². The van der Waals surface area contributed by atoms with Gasteiger partial charge in [-0.05, 0) is 41.0 Å². The molecule has 4 aromatic rings. The average molecular weight is 547 g/mol. The van der Waals surface area contributed by atoms with Crippen LogP contribution < -0.4 is 10.0 Å². The second kappa shape index (κ2) is 10.8. The summed E-state index contributed by atoms with van der Waals surface area (Å²) in [5, 5.41) is 4.11. The summed E-state index contributed by atoms with van der Waals surface area (Å²) in [5.74, 6) is 0.0583. The normalized spacial score (nSPS) is 13.3. The predicted molar refractivity (Wildman–Crippen MR) is 148 cm³/mol. The predicted octanol–water partition coefficient (Wildman–Crippen LogP) is 3.96. The molecule has 38 heavy (non-hydrogen) atoms. The third kappa shape index (κ3) is 5.81. The molecule has 0 saturated carbocycles. The first-order chi connectivity index (χ1) is 18.3. The Bertz CT molecular complexity index is 1620. The number of hydrogen-bond donors (Lipinski definition) is 2. The highest BCUT2D eigenvalue weighted by Crippen LogP contribution is 2.28. The topological polar surface area (TPSA) is 108 Å². The van der Waals surface area contributed by atoms with Crippen LogP contribution >= 0.6 is 11.8 Å². The van der Waals surface area contributed by atoms with Crippen molar-refractivity contribution in [3.63, 3.8) is 0 Å². The highest BCUT2D eigenvalue weighted by Gasteiger charge is 2.23. The molecule has 0 atom stereocenters. The van der Waals surface area contributed by atoms with Crippen LogP contribution in [0.4, 0.5) is 5.69 Å². The zero-order valence-corrected chi connectivity index (χ0v) is 22.3. The zero-order valence-electron chi connectivity index (χ0n) is 20.7. The van der Waals surface area contributed by atoms with E-state index >= 15 is 0 Å². The van der Waals surface area contributed by atoms with Gasteiger partial charge >= 0.3 is 0 Å². The lowest BCUT2D eigenvalue weighted by molar-refractivity contribution is -0.130. The maximum absolute atomic E-state index is 13.4. The molecule has 3 aromatic carbocycles. The summed E-state index contributed by atoms with van der Waals surface area (Å²) in [4.78, 5) is 30.6. The molecule has 0 fully saturated rings. The summed E-state index contributed by atoms with van der Waals surface area (Å²) < 4.78 is 29.5. The molecule has 1 aromatic heterocycles. The third-order valence-corrected chi connectivity index (χ3v) is 8.61. The SMILES string of the molecule is CN1Cc2cc(NS(=O)(=O)c3cccc4ccc(SCC(=O)NCc5ccccc5)nc34)ccc2CC1=O. The van der Waals surface area contributed by atoms with Gasteiger partial charge in [0.15, 0.2) is 0 Å². The largest absolute Gasteiger partial charge is 0.351 e. The number of amides is 2. The molecule has 2 N–H and O–H groups in total. The first kappa shape index (κ1) is 25.7. The van der Waals surface area contributed by atoms with Gasteiger partial charge in [0.1, 0.15) is 4.90 Å². The lowest BCUT2D eigenvalue weighted by Crippen LogP contribution is -2.32. The average Bonchev–Trinajstić information content (AvgIpc) is 2.91. The van der Waals surface area contributed by atoms with Gasteiger partial charge in [-0.2, -0.15) is 0 Å². The van der Waals surface area contributed by atoms with Crippen LogP contribution in [0, 0.1) is 0 Å². The van der Waals surface area contributed by atoms with E-state index in [1.807, 2.05) is 30.3 Å². The van der Waals surface area contributed by atoms with E-state index in [1.165, 1.54) is 17.8 Å². The van der Waals surface area contributed by atoms with E-state index in [1.54, 1.807) is 54.4 Å². The Kier molecular flexibility index (Phi) is 7.35. The minimum absolute atomic E-state index is 0.0370. The fourth-order valence-electron chi connectivity index (χ4n) is 4.25. The second-order valence-electron chi connectivity index (χ2n) is 9.04. The van der Waals surface area contributed by atoms with Gasteiger partial charge in [-0.25, -0.2) is 13.4 Å². The number of para-hydroxylation sites is 1. The van der Waals surface area contributed by atoms with E-state index in [4.69, 9.17) is 0 Å². The number of carbonyl (C=O) groups is 2. The Morgan fingerprint density at radius 3 is 2.63 bits per heavy atom. The van der Waals surface area contributed by atoms with Crippen molar-refractivity contribution in [1.29, 1.82) is 0 Å². The molecule has 5 rings (SSSR count). The van der Waals surface area contributed by atoms with Crippen molar-refractivity contribution in [3.05, 3.63) is 95.6 Å². The molecule has 1 aliphatic heterocycles. The zero-order chi connectivity index (χ0) is 26.7. The summed E-state index contributed by atoms with van der Waals surface area (Å²) in [7, 11) is -2.23. The van der Waals surface area contributed by atoms with Gasteiger partial charge in [-0.15, -0.1) is 0 Å². The fraction of sp³-hybridized carbons (Fsp3) is 0.179. The number of thioether (sulfide) groups is 1. The Balaban J connectivity index is 1.32. The highest BCUT2D eigenvalue weighted by atomic mass is 32.2. The van der Waals surface area contributed by atoms with Crippen molar-refractivity contribution in [2.75, 3.05) is 17.5 Å². The van der Waals surface area contributed by atoms with Crippen LogP contribution in [-0.4, -0.2) is 42.9 Å². The number of hydrogen-bond acceptors (Lipinski definition) is 6. The standard InChI is InChI=1S/C28H26N4O4S2/c1-32-17-22-14-23(12-10-21(22)15-27(32)34)31-38(35,36)24-9-5-8-20-11-13-26(30-28(20)24)37-18-25(33)29-16-19-6-3-2-4-7-19/h2-14,31H,15-18H2,1H3,(H,29,33). The Labute approximate surface area is 225 Å². The van der Waals surface area contributed by atoms with Crippen LogP contribution in [0.25, 0.3) is 10.9 Å². The fourth-order valence-corrected chi connectivity index (χ4v) is 6.17. The molecule has 0 unspecified atom stereocenters. The number of likely N-dealkylation sites (N-methyl/N-ethyl adjacent to an activating group) is 1. The number of sulfonamides is 1. The van der Waals surface area contributed by atoms with Gasteiger partial charge in [0.2, 0.25) is 11.8 Å². The summed E-state index contributed by atoms with van der Waals surface area (Å²) in [6.07, 6.45) is 0.302. The Hall–Kier alpha value is -3.89. The van der Waals surface area contributed by atoms with E-state index in [-0.39, 0.29) is 22.5 Å². The lowest BCUT2D eigenvalue weighted by Gasteiger charge is -2.25. The number of nitrogens with zero attached hydrogens (tertiary/aromatic N) is 2. The van der Waals surface area contributed by atoms with E-state index in [0.717, 1.165) is 16.7 Å². The number of fused-ring (bicyclic) bond motifs is 2. The third-order valence-electron chi connectivity index (χ3n) is 6.26. The van der Waals surface area contributed by atoms with Crippen LogP contribution in [0.5, 0.6) is 0 Å². The Morgan fingerprint density at radius 2 is 1.82 bits per heavy atom. The summed E-state index contributed by atoms with van der Waals surface area (Å²) in [6.45, 7) is 0.869. The molecule has 0 bridgehead atoms. The molecule has 2 amide bonds. The van der Waals surface area contributed by atoms with Crippen LogP contribution in [0.15, 0.2) is 88.8 Å². The molecular weight excluding hydrogens is 520 g/mol. The number of rotatable bonds is 8. The van der Waals surface area contributed by atoms with Crippen molar-refractivity contribution in [3.8, 4) is 0 Å². The molecule has 0 radical (unpaired) electrons. The minimum atomic E-state index is -3.96. The van der Waals surface area contributed by atoms with Crippen LogP contribution in [0.2, 0.25) is 0 Å². The van der Waals surface area contributed by atoms with Gasteiger partial charge in [0.05, 0.1) is 22.7 Å². The first-order valence-electron chi connectivity index (χ1n) is 12.0. The molecule has 1 aliphatic rings. The van der Waals surface area contributed by atoms with Crippen molar-refractivity contribution >= 4 is 50.2 Å². The van der Waals surface area contributed by atoms with E-state index in [9.17, 15) is 18.0 Å². The van der Waals surface area contributed by atoms with Crippen molar-refractivity contribution < 1.29 is 18.0 Å². The van der Waals surface area contributed by atoms with Gasteiger partial charge in [0, 0.05) is 31.2 Å². The van der Waals surface area contributed by atoms with E-state index < -0.39 is 10.0 Å². The van der Waals surface area contributed by atoms with Crippen LogP contribution in [0.3, 0.4) is 0 Å². The Morgan fingerprint density at radius 1 is 1.00 bits per heavy atom. The monoisotopic (exact) mass is 546 g/mol. The number of nitrogens with one attached hydrogen (secondary N) is 2. The van der Waals surface area contributed by atoms with Crippen molar-refractivity contribution in [2.45, 2.75) is 29.4 Å². The number of aromatic nitrogens is 1. The van der Waals surface area contributed by atoms with Crippen LogP contribution in [0.1, 0.15) is 16.7 Å². The molecule has 2 heterocycles. The quantitative estimate of drug-likeness (QED) is 0.324. The molecular formula is C28H26N4O4S2. The molecule has 8 nitrogen and oxygen atoms in total. The molecule has 0 aliphatic carbocycles. The molecule has 0 spiro atoms. The highest BCUT2D eigenvalue weighted by molar-refractivity contribution is 7.99. The van der Waals surface area contributed by atoms with Crippen molar-refractivity contribution in [1.82, 2.24) is 15.2 Å². The number of pyridine rings is 1. The minimum Gasteiger partial charge on any atom is -0.351 e. The first-order valence-corrected chi connectivity index (χ1v) is 14.5. The summed E-state index contributed by atoms with van der Waals surface area (Å²) in [5.41, 5.74) is 3.57. The van der Waals surface area contributed by atoms with Crippen LogP contribution in [-0.2, 0) is 39.1 Å². The summed E-state index contributed by atoms with van der Waals surface area (Å²) >= 11 is 1.25. The number of carbonyl (C=O) groups excluding carboxylic acids is 2. The second-order valence-corrected chi connectivity index (χ2v) is 11.7. The van der Waals surface area contributed by atoms with Gasteiger partial charge in [0.25, 0.3) is 10.0 Å². The molecule has 0 saturated heterocycles. The van der Waals surface area contributed by atoms with Crippen molar-refractivity contribution in [2.24, 2.45) is 0 Å². The van der Waals surface area contributed by atoms with Gasteiger partial charge in [-0.1, -0.05) is 66.4 Å². The number of anilines is 1. The summed E-state index contributed by atoms with van der Waals surface area (Å²) in [6, 6.07) is 23.4. The number of benzene rings is 3. The molecule has 10 heteroatoms. The smallest absolute Gasteiger partial charge is 0.264 e. The maximum Gasteiger partial charge on any atom is 0.264 e. The molecule has 194 valence electrons. The van der Waals surface area contributed by atoms with E-state index in [0.29, 0.717) is 41.1 Å². The van der Waals surface area contributed by atoms with Gasteiger partial charge < -0.3 is 10.2 Å². The lowest BCUT2D eigenvalue weighted by atomic mass is 9.99. The van der Waals surface area contributed by atoms with Gasteiger partial charge in [-0.3, -0.25) is 14.3 Å².